The molecule has 0 bridgehead atoms. The van der Waals surface area contributed by atoms with E-state index in [1.807, 2.05) is 80.5 Å². The molecule has 3 aromatic rings. The fraction of sp³-hybridized carbons (Fsp3) is 0.148. The molecular weight excluding hydrogens is 428 g/mol. The van der Waals surface area contributed by atoms with Gasteiger partial charge in [-0.15, -0.1) is 0 Å². The third-order valence-corrected chi connectivity index (χ3v) is 4.82. The molecule has 34 heavy (non-hydrogen) atoms. The van der Waals surface area contributed by atoms with E-state index < -0.39 is 5.91 Å². The van der Waals surface area contributed by atoms with E-state index in [0.717, 1.165) is 22.6 Å². The summed E-state index contributed by atoms with van der Waals surface area (Å²) in [6, 6.07) is 23.7. The molecule has 0 aromatic heterocycles. The second-order valence-electron chi connectivity index (χ2n) is 7.57. The van der Waals surface area contributed by atoms with Gasteiger partial charge in [-0.05, 0) is 72.7 Å². The smallest absolute Gasteiger partial charge is 0.287 e. The lowest BCUT2D eigenvalue weighted by atomic mass is 10.1. The van der Waals surface area contributed by atoms with E-state index in [1.54, 1.807) is 30.3 Å². The monoisotopic (exact) mass is 456 g/mol. The van der Waals surface area contributed by atoms with Crippen molar-refractivity contribution in [3.8, 4) is 5.75 Å². The molecule has 7 nitrogen and oxygen atoms in total. The summed E-state index contributed by atoms with van der Waals surface area (Å²) < 4.78 is 5.42. The van der Waals surface area contributed by atoms with Crippen LogP contribution in [0.25, 0.3) is 6.08 Å². The Balaban J connectivity index is 1.77. The number of hydrazone groups is 1. The second kappa shape index (κ2) is 12.0. The number of carbonyl (C=O) groups excluding carboxylic acids is 2. The van der Waals surface area contributed by atoms with Gasteiger partial charge in [0.25, 0.3) is 11.8 Å². The predicted molar refractivity (Wildman–Crippen MR) is 136 cm³/mol. The van der Waals surface area contributed by atoms with Crippen molar-refractivity contribution in [2.75, 3.05) is 25.6 Å². The Bertz CT molecular complexity index is 1150. The first-order chi connectivity index (χ1) is 16.5. The molecule has 3 aromatic carbocycles. The molecule has 0 spiro atoms. The molecule has 0 saturated carbocycles. The van der Waals surface area contributed by atoms with Gasteiger partial charge in [0.1, 0.15) is 11.4 Å². The van der Waals surface area contributed by atoms with E-state index in [2.05, 4.69) is 15.8 Å². The number of hydrogen-bond donors (Lipinski definition) is 2. The Labute approximate surface area is 199 Å². The quantitative estimate of drug-likeness (QED) is 0.289. The number of rotatable bonds is 9. The van der Waals surface area contributed by atoms with Crippen LogP contribution in [0.4, 0.5) is 5.69 Å². The molecule has 174 valence electrons. The van der Waals surface area contributed by atoms with Gasteiger partial charge in [0, 0.05) is 25.3 Å². The third kappa shape index (κ3) is 7.06. The topological polar surface area (TPSA) is 83.0 Å². The zero-order valence-electron chi connectivity index (χ0n) is 19.5. The summed E-state index contributed by atoms with van der Waals surface area (Å²) in [5, 5.41) is 6.73. The van der Waals surface area contributed by atoms with Crippen molar-refractivity contribution in [1.82, 2.24) is 10.7 Å². The third-order valence-electron chi connectivity index (χ3n) is 4.82. The number of benzene rings is 3. The summed E-state index contributed by atoms with van der Waals surface area (Å²) in [6.07, 6.45) is 3.14. The first kappa shape index (κ1) is 24.3. The van der Waals surface area contributed by atoms with E-state index in [4.69, 9.17) is 4.74 Å². The largest absolute Gasteiger partial charge is 0.494 e. The van der Waals surface area contributed by atoms with Crippen molar-refractivity contribution in [2.45, 2.75) is 6.92 Å². The van der Waals surface area contributed by atoms with Crippen LogP contribution >= 0.6 is 0 Å². The van der Waals surface area contributed by atoms with Crippen LogP contribution in [0, 0.1) is 0 Å². The number of ether oxygens (including phenoxy) is 1. The molecular formula is C27H28N4O3. The molecule has 0 aliphatic carbocycles. The molecule has 0 unspecified atom stereocenters. The molecule has 0 aliphatic rings. The molecule has 0 atom stereocenters. The summed E-state index contributed by atoms with van der Waals surface area (Å²) in [7, 11) is 3.90. The minimum absolute atomic E-state index is 0.0790. The summed E-state index contributed by atoms with van der Waals surface area (Å²) in [5.41, 5.74) is 5.59. The van der Waals surface area contributed by atoms with E-state index in [0.29, 0.717) is 12.2 Å². The Hall–Kier alpha value is -4.39. The van der Waals surface area contributed by atoms with Crippen LogP contribution in [0.5, 0.6) is 5.75 Å². The van der Waals surface area contributed by atoms with Gasteiger partial charge in [0.2, 0.25) is 0 Å². The van der Waals surface area contributed by atoms with Gasteiger partial charge in [-0.1, -0.05) is 30.3 Å². The summed E-state index contributed by atoms with van der Waals surface area (Å²) in [5.74, 6) is -0.164. The van der Waals surface area contributed by atoms with Crippen LogP contribution in [0.15, 0.2) is 89.7 Å². The SMILES string of the molecule is CCOc1ccc(C=NNC(=O)C(=Cc2ccc(N(C)C)cc2)NC(=O)c2ccccc2)cc1. The maximum absolute atomic E-state index is 12.9. The first-order valence-corrected chi connectivity index (χ1v) is 10.9. The highest BCUT2D eigenvalue weighted by Crippen LogP contribution is 2.15. The van der Waals surface area contributed by atoms with Crippen molar-refractivity contribution in [1.29, 1.82) is 0 Å². The molecule has 2 amide bonds. The fourth-order valence-corrected chi connectivity index (χ4v) is 3.02. The number of nitrogens with zero attached hydrogens (tertiary/aromatic N) is 2. The van der Waals surface area contributed by atoms with Crippen molar-refractivity contribution in [2.24, 2.45) is 5.10 Å². The average molecular weight is 457 g/mol. The van der Waals surface area contributed by atoms with Gasteiger partial charge in [0.15, 0.2) is 0 Å². The van der Waals surface area contributed by atoms with Gasteiger partial charge in [-0.2, -0.15) is 5.10 Å². The van der Waals surface area contributed by atoms with Crippen molar-refractivity contribution in [3.05, 3.63) is 101 Å². The Kier molecular flexibility index (Phi) is 8.57. The number of nitrogens with one attached hydrogen (secondary N) is 2. The van der Waals surface area contributed by atoms with Gasteiger partial charge in [-0.25, -0.2) is 5.43 Å². The fourth-order valence-electron chi connectivity index (χ4n) is 3.02. The molecule has 0 radical (unpaired) electrons. The van der Waals surface area contributed by atoms with E-state index in [9.17, 15) is 9.59 Å². The maximum atomic E-state index is 12.9. The molecule has 0 fully saturated rings. The van der Waals surface area contributed by atoms with Gasteiger partial charge >= 0.3 is 0 Å². The predicted octanol–water partition coefficient (Wildman–Crippen LogP) is 4.07. The van der Waals surface area contributed by atoms with Crippen LogP contribution < -0.4 is 20.4 Å². The second-order valence-corrected chi connectivity index (χ2v) is 7.57. The summed E-state index contributed by atoms with van der Waals surface area (Å²) in [6.45, 7) is 2.51. The summed E-state index contributed by atoms with van der Waals surface area (Å²) >= 11 is 0. The van der Waals surface area contributed by atoms with Gasteiger partial charge in [-0.3, -0.25) is 9.59 Å². The highest BCUT2D eigenvalue weighted by atomic mass is 16.5. The minimum Gasteiger partial charge on any atom is -0.494 e. The lowest BCUT2D eigenvalue weighted by Gasteiger charge is -2.12. The maximum Gasteiger partial charge on any atom is 0.287 e. The van der Waals surface area contributed by atoms with E-state index in [-0.39, 0.29) is 11.6 Å². The van der Waals surface area contributed by atoms with E-state index in [1.165, 1.54) is 6.21 Å². The lowest BCUT2D eigenvalue weighted by Crippen LogP contribution is -2.32. The van der Waals surface area contributed by atoms with Crippen LogP contribution in [-0.4, -0.2) is 38.7 Å². The van der Waals surface area contributed by atoms with Crippen LogP contribution in [0.2, 0.25) is 0 Å². The lowest BCUT2D eigenvalue weighted by molar-refractivity contribution is -0.117. The van der Waals surface area contributed by atoms with Crippen molar-refractivity contribution < 1.29 is 14.3 Å². The highest BCUT2D eigenvalue weighted by Gasteiger charge is 2.14. The van der Waals surface area contributed by atoms with Crippen LogP contribution in [-0.2, 0) is 4.79 Å². The zero-order chi connectivity index (χ0) is 24.3. The minimum atomic E-state index is -0.539. The Morgan fingerprint density at radius 2 is 1.56 bits per heavy atom. The van der Waals surface area contributed by atoms with Crippen LogP contribution in [0.3, 0.4) is 0 Å². The van der Waals surface area contributed by atoms with Crippen molar-refractivity contribution >= 4 is 29.8 Å². The zero-order valence-corrected chi connectivity index (χ0v) is 19.5. The number of amides is 2. The molecule has 2 N–H and O–H groups in total. The molecule has 0 saturated heterocycles. The first-order valence-electron chi connectivity index (χ1n) is 10.9. The number of carbonyl (C=O) groups is 2. The highest BCUT2D eigenvalue weighted by molar-refractivity contribution is 6.05. The average Bonchev–Trinajstić information content (AvgIpc) is 2.85. The van der Waals surface area contributed by atoms with Gasteiger partial charge < -0.3 is 15.0 Å². The molecule has 3 rings (SSSR count). The Morgan fingerprint density at radius 1 is 0.912 bits per heavy atom. The van der Waals surface area contributed by atoms with E-state index >= 15 is 0 Å². The molecule has 0 heterocycles. The molecule has 0 aliphatic heterocycles. The van der Waals surface area contributed by atoms with Crippen LogP contribution in [0.1, 0.15) is 28.4 Å². The van der Waals surface area contributed by atoms with Gasteiger partial charge in [0.05, 0.1) is 12.8 Å². The number of anilines is 1. The Morgan fingerprint density at radius 3 is 2.18 bits per heavy atom. The standard InChI is InChI=1S/C27H28N4O3/c1-4-34-24-16-12-21(13-17-24)19-28-30-27(33)25(29-26(32)22-8-6-5-7-9-22)18-20-10-14-23(15-11-20)31(2)3/h5-19H,4H2,1-3H3,(H,29,32)(H,30,33). The number of hydrogen-bond acceptors (Lipinski definition) is 5. The van der Waals surface area contributed by atoms with Crippen molar-refractivity contribution in [3.63, 3.8) is 0 Å². The normalized spacial score (nSPS) is 11.2. The summed E-state index contributed by atoms with van der Waals surface area (Å²) in [4.78, 5) is 27.5. The molecule has 7 heteroatoms.